The summed E-state index contributed by atoms with van der Waals surface area (Å²) in [5.74, 6) is 0.870. The molecule has 5 rings (SSSR count). The first-order valence-corrected chi connectivity index (χ1v) is 13.7. The predicted octanol–water partition coefficient (Wildman–Crippen LogP) is 7.86. The van der Waals surface area contributed by atoms with Crippen LogP contribution < -0.4 is 4.74 Å². The van der Waals surface area contributed by atoms with Gasteiger partial charge in [-0.15, -0.1) is 0 Å². The number of pyridine rings is 1. The van der Waals surface area contributed by atoms with Crippen molar-refractivity contribution >= 4 is 28.0 Å². The molecule has 198 valence electrons. The summed E-state index contributed by atoms with van der Waals surface area (Å²) in [4.78, 5) is 18.7. The molecule has 0 aliphatic heterocycles. The van der Waals surface area contributed by atoms with Crippen molar-refractivity contribution in [1.82, 2.24) is 9.88 Å². The number of unbranched alkanes of at least 4 members (excludes halogenated alkanes) is 1. The highest BCUT2D eigenvalue weighted by atomic mass is 16.5. The van der Waals surface area contributed by atoms with E-state index in [0.29, 0.717) is 11.4 Å². The molecule has 0 spiro atoms. The van der Waals surface area contributed by atoms with Crippen LogP contribution in [0.2, 0.25) is 0 Å². The zero-order valence-corrected chi connectivity index (χ0v) is 23.0. The van der Waals surface area contributed by atoms with Crippen molar-refractivity contribution in [2.75, 3.05) is 27.7 Å². The number of fused-ring (bicyclic) bond motifs is 2. The molecule has 2 unspecified atom stereocenters. The van der Waals surface area contributed by atoms with Crippen molar-refractivity contribution in [3.63, 3.8) is 0 Å². The van der Waals surface area contributed by atoms with E-state index in [2.05, 4.69) is 97.9 Å². The van der Waals surface area contributed by atoms with Gasteiger partial charge in [0.2, 0.25) is 5.88 Å². The van der Waals surface area contributed by atoms with E-state index in [-0.39, 0.29) is 11.8 Å². The fourth-order valence-electron chi connectivity index (χ4n) is 5.70. The van der Waals surface area contributed by atoms with Crippen molar-refractivity contribution in [3.8, 4) is 5.88 Å². The Morgan fingerprint density at radius 3 is 2.31 bits per heavy atom. The van der Waals surface area contributed by atoms with Gasteiger partial charge in [0.25, 0.3) is 0 Å². The summed E-state index contributed by atoms with van der Waals surface area (Å²) < 4.78 is 5.94. The van der Waals surface area contributed by atoms with Crippen LogP contribution in [0.1, 0.15) is 58.1 Å². The molecule has 0 bridgehead atoms. The van der Waals surface area contributed by atoms with Crippen LogP contribution in [-0.4, -0.2) is 43.9 Å². The minimum atomic E-state index is 0.0263. The van der Waals surface area contributed by atoms with Crippen LogP contribution in [0.4, 0.5) is 0 Å². The Morgan fingerprint density at radius 2 is 1.56 bits per heavy atom. The van der Waals surface area contributed by atoms with Gasteiger partial charge >= 0.3 is 0 Å². The molecule has 0 saturated carbocycles. The number of methoxy groups -OCH3 is 1. The molecule has 1 aromatic heterocycles. The van der Waals surface area contributed by atoms with Crippen LogP contribution in [-0.2, 0) is 0 Å². The van der Waals surface area contributed by atoms with Crippen LogP contribution in [0.15, 0.2) is 97.1 Å². The molecule has 0 aliphatic carbocycles. The summed E-state index contributed by atoms with van der Waals surface area (Å²) in [5.41, 5.74) is 5.06. The van der Waals surface area contributed by atoms with Gasteiger partial charge in [0.15, 0.2) is 0 Å². The lowest BCUT2D eigenvalue weighted by atomic mass is 9.74. The van der Waals surface area contributed by atoms with E-state index in [0.717, 1.165) is 48.6 Å². The average molecular weight is 517 g/mol. The summed E-state index contributed by atoms with van der Waals surface area (Å²) in [6.07, 6.45) is 4.16. The van der Waals surface area contributed by atoms with Gasteiger partial charge < -0.3 is 9.64 Å². The topological polar surface area (TPSA) is 42.4 Å². The van der Waals surface area contributed by atoms with E-state index in [4.69, 9.17) is 9.72 Å². The van der Waals surface area contributed by atoms with Gasteiger partial charge in [-0.3, -0.25) is 4.79 Å². The second-order valence-corrected chi connectivity index (χ2v) is 10.6. The zero-order valence-electron chi connectivity index (χ0n) is 23.0. The monoisotopic (exact) mass is 516 g/mol. The third kappa shape index (κ3) is 6.02. The Balaban J connectivity index is 1.69. The van der Waals surface area contributed by atoms with Gasteiger partial charge in [-0.2, -0.15) is 0 Å². The molecule has 0 aliphatic rings. The Bertz CT molecular complexity index is 1560. The second kappa shape index (κ2) is 12.2. The van der Waals surface area contributed by atoms with E-state index >= 15 is 0 Å². The predicted molar refractivity (Wildman–Crippen MR) is 161 cm³/mol. The molecule has 0 amide bonds. The van der Waals surface area contributed by atoms with E-state index in [9.17, 15) is 4.79 Å². The Labute approximate surface area is 231 Å². The fourth-order valence-corrected chi connectivity index (χ4v) is 5.70. The summed E-state index contributed by atoms with van der Waals surface area (Å²) in [5, 5.41) is 3.44. The van der Waals surface area contributed by atoms with Gasteiger partial charge in [0, 0.05) is 22.4 Å². The molecule has 4 aromatic carbocycles. The smallest absolute Gasteiger partial charge is 0.217 e. The lowest BCUT2D eigenvalue weighted by molar-refractivity contribution is 0.112. The number of hydrogen-bond donors (Lipinski definition) is 0. The standard InChI is InChI=1S/C35H36N2O2/c1-37(2)20-10-9-15-31(29-18-17-26-11-7-8-14-28(26)22-29)34(27-12-5-4-6-13-27)32-23-30-21-25(24-38)16-19-33(30)36-35(32)39-3/h4-8,11-14,16-19,21-24,31,34H,9-10,15,20H2,1-3H3. The maximum Gasteiger partial charge on any atom is 0.217 e. The van der Waals surface area contributed by atoms with Crippen molar-refractivity contribution in [2.24, 2.45) is 0 Å². The first-order valence-electron chi connectivity index (χ1n) is 13.7. The quantitative estimate of drug-likeness (QED) is 0.132. The van der Waals surface area contributed by atoms with E-state index in [1.807, 2.05) is 12.1 Å². The molecular weight excluding hydrogens is 480 g/mol. The van der Waals surface area contributed by atoms with E-state index in [1.165, 1.54) is 21.9 Å². The first kappa shape index (κ1) is 26.6. The highest BCUT2D eigenvalue weighted by Gasteiger charge is 2.30. The second-order valence-electron chi connectivity index (χ2n) is 10.6. The molecule has 0 radical (unpaired) electrons. The third-order valence-electron chi connectivity index (χ3n) is 7.63. The Hall–Kier alpha value is -4.02. The van der Waals surface area contributed by atoms with Gasteiger partial charge in [0.1, 0.15) is 6.29 Å². The van der Waals surface area contributed by atoms with Gasteiger partial charge in [-0.1, -0.05) is 79.2 Å². The fraction of sp³-hybridized carbons (Fsp3) is 0.257. The summed E-state index contributed by atoms with van der Waals surface area (Å²) >= 11 is 0. The molecule has 0 fully saturated rings. The van der Waals surface area contributed by atoms with Gasteiger partial charge in [-0.05, 0) is 85.6 Å². The largest absolute Gasteiger partial charge is 0.481 e. The molecule has 0 saturated heterocycles. The Morgan fingerprint density at radius 1 is 0.795 bits per heavy atom. The number of carbonyl (C=O) groups excluding carboxylic acids is 1. The lowest BCUT2D eigenvalue weighted by Crippen LogP contribution is -2.17. The van der Waals surface area contributed by atoms with Crippen LogP contribution in [0.3, 0.4) is 0 Å². The van der Waals surface area contributed by atoms with Crippen molar-refractivity contribution in [1.29, 1.82) is 0 Å². The molecule has 4 heteroatoms. The third-order valence-corrected chi connectivity index (χ3v) is 7.63. The van der Waals surface area contributed by atoms with Gasteiger partial charge in [0.05, 0.1) is 12.6 Å². The zero-order chi connectivity index (χ0) is 27.2. The number of rotatable bonds is 11. The number of carbonyl (C=O) groups is 1. The van der Waals surface area contributed by atoms with Crippen LogP contribution in [0, 0.1) is 0 Å². The maximum absolute atomic E-state index is 11.6. The first-order chi connectivity index (χ1) is 19.1. The van der Waals surface area contributed by atoms with Crippen LogP contribution >= 0.6 is 0 Å². The van der Waals surface area contributed by atoms with Crippen molar-refractivity contribution < 1.29 is 9.53 Å². The number of aldehydes is 1. The normalized spacial score (nSPS) is 13.0. The van der Waals surface area contributed by atoms with E-state index < -0.39 is 0 Å². The van der Waals surface area contributed by atoms with Crippen molar-refractivity contribution in [3.05, 3.63) is 119 Å². The summed E-state index contributed by atoms with van der Waals surface area (Å²) in [6.45, 7) is 1.07. The number of benzene rings is 4. The van der Waals surface area contributed by atoms with Crippen molar-refractivity contribution in [2.45, 2.75) is 31.1 Å². The Kier molecular flexibility index (Phi) is 8.33. The molecule has 1 heterocycles. The summed E-state index contributed by atoms with van der Waals surface area (Å²) in [7, 11) is 5.96. The average Bonchev–Trinajstić information content (AvgIpc) is 2.98. The number of nitrogens with zero attached hydrogens (tertiary/aromatic N) is 2. The SMILES string of the molecule is COc1nc2ccc(C=O)cc2cc1C(c1ccccc1)C(CCCCN(C)C)c1ccc2ccccc2c1. The maximum atomic E-state index is 11.6. The highest BCUT2D eigenvalue weighted by Crippen LogP contribution is 2.45. The van der Waals surface area contributed by atoms with Gasteiger partial charge in [-0.25, -0.2) is 4.98 Å². The number of ether oxygens (including phenoxy) is 1. The minimum absolute atomic E-state index is 0.0263. The molecule has 0 N–H and O–H groups in total. The molecule has 5 aromatic rings. The molecule has 39 heavy (non-hydrogen) atoms. The lowest BCUT2D eigenvalue weighted by Gasteiger charge is -2.30. The minimum Gasteiger partial charge on any atom is -0.481 e. The number of hydrogen-bond acceptors (Lipinski definition) is 4. The summed E-state index contributed by atoms with van der Waals surface area (Å²) in [6, 6.07) is 33.9. The number of aromatic nitrogens is 1. The molecule has 2 atom stereocenters. The van der Waals surface area contributed by atoms with E-state index in [1.54, 1.807) is 13.2 Å². The van der Waals surface area contributed by atoms with Crippen LogP contribution in [0.5, 0.6) is 5.88 Å². The highest BCUT2D eigenvalue weighted by molar-refractivity contribution is 5.88. The molecular formula is C35H36N2O2. The van der Waals surface area contributed by atoms with Crippen LogP contribution in [0.25, 0.3) is 21.7 Å². The molecule has 4 nitrogen and oxygen atoms in total.